The second kappa shape index (κ2) is 5.08. The van der Waals surface area contributed by atoms with Gasteiger partial charge in [-0.15, -0.1) is 0 Å². The maximum Gasteiger partial charge on any atom is 0.168 e. The molecule has 18 heavy (non-hydrogen) atoms. The predicted octanol–water partition coefficient (Wildman–Crippen LogP) is 2.96. The third kappa shape index (κ3) is 2.40. The Morgan fingerprint density at radius 3 is 2.61 bits per heavy atom. The molecule has 0 spiro atoms. The molecule has 2 N–H and O–H groups in total. The van der Waals surface area contributed by atoms with Crippen molar-refractivity contribution >= 4 is 11.6 Å². The summed E-state index contributed by atoms with van der Waals surface area (Å²) in [5.41, 5.74) is 5.41. The van der Waals surface area contributed by atoms with Gasteiger partial charge in [-0.1, -0.05) is 19.8 Å². The van der Waals surface area contributed by atoms with Crippen LogP contribution in [0.1, 0.15) is 32.6 Å². The molecule has 2 atom stereocenters. The summed E-state index contributed by atoms with van der Waals surface area (Å²) in [5, 5.41) is 0. The van der Waals surface area contributed by atoms with Gasteiger partial charge in [0.05, 0.1) is 0 Å². The van der Waals surface area contributed by atoms with Gasteiger partial charge in [-0.25, -0.2) is 13.8 Å². The first-order valence-electron chi connectivity index (χ1n) is 6.35. The monoisotopic (exact) mass is 255 g/mol. The van der Waals surface area contributed by atoms with Gasteiger partial charge in [0.1, 0.15) is 0 Å². The largest absolute Gasteiger partial charge is 0.381 e. The fourth-order valence-corrected chi connectivity index (χ4v) is 2.75. The Morgan fingerprint density at radius 1 is 1.28 bits per heavy atom. The molecule has 2 unspecified atom stereocenters. The highest BCUT2D eigenvalue weighted by molar-refractivity contribution is 5.47. The van der Waals surface area contributed by atoms with Gasteiger partial charge in [0.15, 0.2) is 23.3 Å². The second-order valence-electron chi connectivity index (χ2n) is 5.10. The molecule has 1 saturated carbocycles. The molecule has 0 aliphatic heterocycles. The standard InChI is InChI=1S/C13H19F2N3/c1-8-5-3-4-6-11(8)18(2)13-10(15)7-9(14)12(16)17-13/h7-8,11H,3-6H2,1-2H3,(H2,16,17). The number of pyridine rings is 1. The summed E-state index contributed by atoms with van der Waals surface area (Å²) in [6, 6.07) is 1.05. The van der Waals surface area contributed by atoms with E-state index < -0.39 is 11.6 Å². The lowest BCUT2D eigenvalue weighted by atomic mass is 9.85. The van der Waals surface area contributed by atoms with Crippen LogP contribution >= 0.6 is 0 Å². The zero-order chi connectivity index (χ0) is 13.3. The minimum atomic E-state index is -0.804. The zero-order valence-electron chi connectivity index (χ0n) is 10.8. The van der Waals surface area contributed by atoms with E-state index in [1.54, 1.807) is 11.9 Å². The van der Waals surface area contributed by atoms with E-state index >= 15 is 0 Å². The molecule has 0 amide bonds. The van der Waals surface area contributed by atoms with Crippen molar-refractivity contribution in [1.29, 1.82) is 0 Å². The Labute approximate surface area is 106 Å². The number of halogens is 2. The first-order valence-corrected chi connectivity index (χ1v) is 6.35. The molecule has 1 aliphatic rings. The van der Waals surface area contributed by atoms with Gasteiger partial charge in [0.2, 0.25) is 0 Å². The van der Waals surface area contributed by atoms with Crippen LogP contribution in [0.5, 0.6) is 0 Å². The van der Waals surface area contributed by atoms with E-state index in [1.165, 1.54) is 6.42 Å². The Morgan fingerprint density at radius 2 is 1.94 bits per heavy atom. The van der Waals surface area contributed by atoms with Crippen molar-refractivity contribution in [2.24, 2.45) is 5.92 Å². The molecular formula is C13H19F2N3. The van der Waals surface area contributed by atoms with Gasteiger partial charge in [0.25, 0.3) is 0 Å². The van der Waals surface area contributed by atoms with Crippen molar-refractivity contribution < 1.29 is 8.78 Å². The van der Waals surface area contributed by atoms with Crippen LogP contribution in [0.4, 0.5) is 20.4 Å². The lowest BCUT2D eigenvalue weighted by Crippen LogP contribution is -2.40. The molecule has 0 aromatic carbocycles. The molecule has 5 heteroatoms. The number of anilines is 2. The van der Waals surface area contributed by atoms with Crippen LogP contribution in [0, 0.1) is 17.6 Å². The molecule has 0 saturated heterocycles. The van der Waals surface area contributed by atoms with Crippen LogP contribution in [-0.2, 0) is 0 Å². The molecule has 2 rings (SSSR count). The minimum Gasteiger partial charge on any atom is -0.381 e. The van der Waals surface area contributed by atoms with E-state index in [9.17, 15) is 8.78 Å². The predicted molar refractivity (Wildman–Crippen MR) is 68.4 cm³/mol. The maximum atomic E-state index is 13.8. The molecule has 1 aromatic rings. The summed E-state index contributed by atoms with van der Waals surface area (Å²) in [6.07, 6.45) is 4.49. The summed E-state index contributed by atoms with van der Waals surface area (Å²) >= 11 is 0. The van der Waals surface area contributed by atoms with E-state index in [-0.39, 0.29) is 17.7 Å². The molecule has 0 bridgehead atoms. The van der Waals surface area contributed by atoms with Gasteiger partial charge >= 0.3 is 0 Å². The summed E-state index contributed by atoms with van der Waals surface area (Å²) < 4.78 is 26.9. The third-order valence-electron chi connectivity index (χ3n) is 3.84. The van der Waals surface area contributed by atoms with Gasteiger partial charge < -0.3 is 10.6 Å². The van der Waals surface area contributed by atoms with Crippen LogP contribution in [-0.4, -0.2) is 18.1 Å². The van der Waals surface area contributed by atoms with Crippen LogP contribution in [0.3, 0.4) is 0 Å². The van der Waals surface area contributed by atoms with Crippen molar-refractivity contribution in [2.45, 2.75) is 38.6 Å². The SMILES string of the molecule is CC1CCCCC1N(C)c1nc(N)c(F)cc1F. The third-order valence-corrected chi connectivity index (χ3v) is 3.84. The van der Waals surface area contributed by atoms with E-state index in [4.69, 9.17) is 5.73 Å². The summed E-state index contributed by atoms with van der Waals surface area (Å²) in [5.74, 6) is -1.08. The van der Waals surface area contributed by atoms with Crippen molar-refractivity contribution in [2.75, 3.05) is 17.7 Å². The Bertz CT molecular complexity index is 436. The van der Waals surface area contributed by atoms with Gasteiger partial charge in [-0.05, 0) is 18.8 Å². The van der Waals surface area contributed by atoms with E-state index in [0.29, 0.717) is 5.92 Å². The minimum absolute atomic E-state index is 0.146. The fraction of sp³-hybridized carbons (Fsp3) is 0.615. The van der Waals surface area contributed by atoms with Gasteiger partial charge in [-0.3, -0.25) is 0 Å². The smallest absolute Gasteiger partial charge is 0.168 e. The summed E-state index contributed by atoms with van der Waals surface area (Å²) in [7, 11) is 1.80. The van der Waals surface area contributed by atoms with Crippen molar-refractivity contribution in [3.8, 4) is 0 Å². The van der Waals surface area contributed by atoms with Crippen LogP contribution in [0.2, 0.25) is 0 Å². The first kappa shape index (κ1) is 13.1. The molecule has 100 valence electrons. The molecule has 1 heterocycles. The maximum absolute atomic E-state index is 13.8. The average molecular weight is 255 g/mol. The van der Waals surface area contributed by atoms with Crippen LogP contribution in [0.25, 0.3) is 0 Å². The van der Waals surface area contributed by atoms with Gasteiger partial charge in [-0.2, -0.15) is 0 Å². The van der Waals surface area contributed by atoms with E-state index in [2.05, 4.69) is 11.9 Å². The Balaban J connectivity index is 2.27. The Kier molecular flexibility index (Phi) is 3.68. The molecule has 3 nitrogen and oxygen atoms in total. The average Bonchev–Trinajstić information content (AvgIpc) is 2.33. The van der Waals surface area contributed by atoms with E-state index in [1.807, 2.05) is 0 Å². The number of nitrogen functional groups attached to an aromatic ring is 1. The number of aromatic nitrogens is 1. The summed E-state index contributed by atoms with van der Waals surface area (Å²) in [6.45, 7) is 2.16. The number of nitrogens with zero attached hydrogens (tertiary/aromatic N) is 2. The van der Waals surface area contributed by atoms with Crippen LogP contribution in [0.15, 0.2) is 6.07 Å². The van der Waals surface area contributed by atoms with Gasteiger partial charge in [0, 0.05) is 19.2 Å². The molecule has 1 fully saturated rings. The van der Waals surface area contributed by atoms with E-state index in [0.717, 1.165) is 25.3 Å². The first-order chi connectivity index (χ1) is 8.50. The highest BCUT2D eigenvalue weighted by Gasteiger charge is 2.27. The van der Waals surface area contributed by atoms with Crippen molar-refractivity contribution in [1.82, 2.24) is 4.98 Å². The number of nitrogens with two attached hydrogens (primary N) is 1. The lowest BCUT2D eigenvalue weighted by Gasteiger charge is -2.37. The normalized spacial score (nSPS) is 24.0. The van der Waals surface area contributed by atoms with Crippen molar-refractivity contribution in [3.05, 3.63) is 17.7 Å². The number of hydrogen-bond donors (Lipinski definition) is 1. The number of hydrogen-bond acceptors (Lipinski definition) is 3. The number of rotatable bonds is 2. The highest BCUT2D eigenvalue weighted by atomic mass is 19.1. The second-order valence-corrected chi connectivity index (χ2v) is 5.10. The Hall–Kier alpha value is -1.39. The fourth-order valence-electron chi connectivity index (χ4n) is 2.75. The molecular weight excluding hydrogens is 236 g/mol. The lowest BCUT2D eigenvalue weighted by molar-refractivity contribution is 0.319. The molecule has 0 radical (unpaired) electrons. The molecule has 1 aromatic heterocycles. The highest BCUT2D eigenvalue weighted by Crippen LogP contribution is 2.31. The quantitative estimate of drug-likeness (QED) is 0.883. The summed E-state index contributed by atoms with van der Waals surface area (Å²) in [4.78, 5) is 5.64. The zero-order valence-corrected chi connectivity index (χ0v) is 10.8. The van der Waals surface area contributed by atoms with Crippen LogP contribution < -0.4 is 10.6 Å². The molecule has 1 aliphatic carbocycles. The topological polar surface area (TPSA) is 42.2 Å². The van der Waals surface area contributed by atoms with Crippen molar-refractivity contribution in [3.63, 3.8) is 0 Å².